The number of rotatable bonds is 2. The average Bonchev–Trinajstić information content (AvgIpc) is 2.43. The van der Waals surface area contributed by atoms with Gasteiger partial charge in [-0.3, -0.25) is 0 Å². The van der Waals surface area contributed by atoms with Gasteiger partial charge in [0.2, 0.25) is 0 Å². The van der Waals surface area contributed by atoms with Crippen molar-refractivity contribution in [1.82, 2.24) is 0 Å². The minimum absolute atomic E-state index is 0.201. The van der Waals surface area contributed by atoms with Crippen molar-refractivity contribution in [3.63, 3.8) is 0 Å². The van der Waals surface area contributed by atoms with Crippen LogP contribution in [0.5, 0.6) is 0 Å². The predicted molar refractivity (Wildman–Crippen MR) is 80.6 cm³/mol. The summed E-state index contributed by atoms with van der Waals surface area (Å²) in [6.07, 6.45) is 3.06. The third-order valence-electron chi connectivity index (χ3n) is 4.08. The van der Waals surface area contributed by atoms with E-state index in [1.54, 1.807) is 0 Å². The molecule has 2 aromatic carbocycles. The van der Waals surface area contributed by atoms with Crippen LogP contribution in [0.3, 0.4) is 0 Å². The van der Waals surface area contributed by atoms with Gasteiger partial charge in [0, 0.05) is 17.0 Å². The largest absolute Gasteiger partial charge is 0.327 e. The normalized spacial score (nSPS) is 22.0. The molecular weight excluding hydrogens is 254 g/mol. The molecule has 1 aliphatic carbocycles. The fourth-order valence-corrected chi connectivity index (χ4v) is 3.41. The molecule has 0 unspecified atom stereocenters. The Hall–Kier alpha value is -1.31. The van der Waals surface area contributed by atoms with Crippen LogP contribution in [-0.2, 0) is 12.8 Å². The van der Waals surface area contributed by atoms with E-state index < -0.39 is 0 Å². The monoisotopic (exact) mass is 271 g/mol. The van der Waals surface area contributed by atoms with Gasteiger partial charge in [-0.05, 0) is 42.0 Å². The third kappa shape index (κ3) is 2.54. The summed E-state index contributed by atoms with van der Waals surface area (Å²) in [6, 6.07) is 16.9. The Labute approximate surface area is 119 Å². The molecule has 0 saturated carbocycles. The molecule has 0 aliphatic heterocycles. The zero-order valence-corrected chi connectivity index (χ0v) is 11.6. The smallest absolute Gasteiger partial charge is 0.0444 e. The Morgan fingerprint density at radius 1 is 1.05 bits per heavy atom. The van der Waals surface area contributed by atoms with Gasteiger partial charge in [-0.1, -0.05) is 54.1 Å². The molecule has 19 heavy (non-hydrogen) atoms. The first kappa shape index (κ1) is 12.7. The van der Waals surface area contributed by atoms with Gasteiger partial charge in [0.25, 0.3) is 0 Å². The van der Waals surface area contributed by atoms with Gasteiger partial charge in [-0.25, -0.2) is 0 Å². The van der Waals surface area contributed by atoms with Crippen LogP contribution in [0.4, 0.5) is 0 Å². The van der Waals surface area contributed by atoms with E-state index >= 15 is 0 Å². The molecule has 0 amide bonds. The summed E-state index contributed by atoms with van der Waals surface area (Å²) in [5.41, 5.74) is 10.3. The van der Waals surface area contributed by atoms with Gasteiger partial charge in [0.1, 0.15) is 0 Å². The van der Waals surface area contributed by atoms with Gasteiger partial charge in [0.05, 0.1) is 0 Å². The zero-order chi connectivity index (χ0) is 13.2. The van der Waals surface area contributed by atoms with Crippen LogP contribution in [0.25, 0.3) is 0 Å². The number of hydrogen-bond acceptors (Lipinski definition) is 1. The molecule has 2 N–H and O–H groups in total. The van der Waals surface area contributed by atoms with Crippen LogP contribution in [0, 0.1) is 0 Å². The summed E-state index contributed by atoms with van der Waals surface area (Å²) < 4.78 is 0. The molecule has 0 radical (unpaired) electrons. The lowest BCUT2D eigenvalue weighted by molar-refractivity contribution is 0.468. The molecular formula is C17H18ClN. The second-order valence-corrected chi connectivity index (χ2v) is 5.72. The summed E-state index contributed by atoms with van der Waals surface area (Å²) in [7, 11) is 0. The maximum absolute atomic E-state index is 6.41. The minimum Gasteiger partial charge on any atom is -0.327 e. The van der Waals surface area contributed by atoms with Crippen LogP contribution < -0.4 is 5.73 Å². The van der Waals surface area contributed by atoms with Crippen molar-refractivity contribution in [1.29, 1.82) is 0 Å². The van der Waals surface area contributed by atoms with Crippen molar-refractivity contribution in [2.24, 2.45) is 5.73 Å². The highest BCUT2D eigenvalue weighted by molar-refractivity contribution is 6.31. The third-order valence-corrected chi connectivity index (χ3v) is 4.41. The maximum atomic E-state index is 6.41. The molecule has 0 fully saturated rings. The van der Waals surface area contributed by atoms with Crippen molar-refractivity contribution < 1.29 is 0 Å². The van der Waals surface area contributed by atoms with Gasteiger partial charge < -0.3 is 5.73 Å². The van der Waals surface area contributed by atoms with Crippen molar-refractivity contribution in [3.8, 4) is 0 Å². The van der Waals surface area contributed by atoms with Gasteiger partial charge >= 0.3 is 0 Å². The fourth-order valence-electron chi connectivity index (χ4n) is 3.07. The molecule has 0 bridgehead atoms. The highest BCUT2D eigenvalue weighted by Gasteiger charge is 2.28. The molecule has 1 aliphatic rings. The molecule has 0 spiro atoms. The second-order valence-electron chi connectivity index (χ2n) is 5.31. The van der Waals surface area contributed by atoms with Crippen molar-refractivity contribution in [2.45, 2.75) is 31.2 Å². The van der Waals surface area contributed by atoms with E-state index in [4.69, 9.17) is 17.3 Å². The summed E-state index contributed by atoms with van der Waals surface area (Å²) in [6.45, 7) is 0. The Morgan fingerprint density at radius 3 is 2.63 bits per heavy atom. The van der Waals surface area contributed by atoms with E-state index in [0.29, 0.717) is 5.92 Å². The number of hydrogen-bond donors (Lipinski definition) is 1. The number of nitrogens with two attached hydrogens (primary N) is 1. The van der Waals surface area contributed by atoms with E-state index in [0.717, 1.165) is 24.3 Å². The Balaban J connectivity index is 1.97. The van der Waals surface area contributed by atoms with Crippen LogP contribution in [0.15, 0.2) is 48.5 Å². The highest BCUT2D eigenvalue weighted by atomic mass is 35.5. The molecule has 98 valence electrons. The SMILES string of the molecule is N[C@H]1CCc2cccc(Cl)c2[C@H]1Cc1ccccc1. The summed E-state index contributed by atoms with van der Waals surface area (Å²) in [4.78, 5) is 0. The first-order valence-corrected chi connectivity index (χ1v) is 7.20. The van der Waals surface area contributed by atoms with E-state index in [1.807, 2.05) is 18.2 Å². The van der Waals surface area contributed by atoms with Crippen LogP contribution in [-0.4, -0.2) is 6.04 Å². The molecule has 0 heterocycles. The number of benzene rings is 2. The summed E-state index contributed by atoms with van der Waals surface area (Å²) in [5, 5.41) is 0.869. The summed E-state index contributed by atoms with van der Waals surface area (Å²) in [5.74, 6) is 0.333. The van der Waals surface area contributed by atoms with Crippen LogP contribution in [0.1, 0.15) is 29.0 Å². The quantitative estimate of drug-likeness (QED) is 0.880. The standard InChI is InChI=1S/C17H18ClN/c18-15-8-4-7-13-9-10-16(19)14(17(13)15)11-12-5-2-1-3-6-12/h1-8,14,16H,9-11,19H2/t14-,16-/m0/s1. The lowest BCUT2D eigenvalue weighted by atomic mass is 9.76. The maximum Gasteiger partial charge on any atom is 0.0444 e. The Bertz CT molecular complexity index is 565. The van der Waals surface area contributed by atoms with Gasteiger partial charge in [-0.2, -0.15) is 0 Å². The Morgan fingerprint density at radius 2 is 1.84 bits per heavy atom. The predicted octanol–water partition coefficient (Wildman–Crippen LogP) is 3.94. The topological polar surface area (TPSA) is 26.0 Å². The average molecular weight is 272 g/mol. The number of halogens is 1. The molecule has 2 heteroatoms. The van der Waals surface area contributed by atoms with Crippen molar-refractivity contribution in [2.75, 3.05) is 0 Å². The first-order valence-electron chi connectivity index (χ1n) is 6.82. The van der Waals surface area contributed by atoms with Crippen LogP contribution in [0.2, 0.25) is 5.02 Å². The fraction of sp³-hybridized carbons (Fsp3) is 0.294. The summed E-state index contributed by atoms with van der Waals surface area (Å²) >= 11 is 6.41. The highest BCUT2D eigenvalue weighted by Crippen LogP contribution is 2.37. The minimum atomic E-state index is 0.201. The van der Waals surface area contributed by atoms with Gasteiger partial charge in [0.15, 0.2) is 0 Å². The first-order chi connectivity index (χ1) is 9.25. The van der Waals surface area contributed by atoms with E-state index in [2.05, 4.69) is 30.3 Å². The second kappa shape index (κ2) is 5.36. The van der Waals surface area contributed by atoms with Crippen molar-refractivity contribution in [3.05, 3.63) is 70.2 Å². The van der Waals surface area contributed by atoms with Crippen LogP contribution >= 0.6 is 11.6 Å². The molecule has 0 saturated heterocycles. The zero-order valence-electron chi connectivity index (χ0n) is 10.9. The van der Waals surface area contributed by atoms with Crippen molar-refractivity contribution >= 4 is 11.6 Å². The Kier molecular flexibility index (Phi) is 3.58. The van der Waals surface area contributed by atoms with E-state index in [-0.39, 0.29) is 6.04 Å². The number of fused-ring (bicyclic) bond motifs is 1. The van der Waals surface area contributed by atoms with E-state index in [9.17, 15) is 0 Å². The number of aryl methyl sites for hydroxylation is 1. The molecule has 2 aromatic rings. The molecule has 1 nitrogen and oxygen atoms in total. The van der Waals surface area contributed by atoms with E-state index in [1.165, 1.54) is 16.7 Å². The lowest BCUT2D eigenvalue weighted by Gasteiger charge is -2.32. The van der Waals surface area contributed by atoms with Gasteiger partial charge in [-0.15, -0.1) is 0 Å². The molecule has 0 aromatic heterocycles. The molecule has 3 rings (SSSR count). The molecule has 2 atom stereocenters. The lowest BCUT2D eigenvalue weighted by Crippen LogP contribution is -2.34.